The molecule has 120 valence electrons. The van der Waals surface area contributed by atoms with E-state index in [1.165, 1.54) is 0 Å². The maximum absolute atomic E-state index is 11.7. The third-order valence-electron chi connectivity index (χ3n) is 3.58. The number of nitrogens with one attached hydrogen (secondary N) is 1. The number of para-hydroxylation sites is 1. The molecule has 0 atom stereocenters. The van der Waals surface area contributed by atoms with Gasteiger partial charge in [0.15, 0.2) is 0 Å². The fourth-order valence-electron chi connectivity index (χ4n) is 2.44. The molecule has 24 heavy (non-hydrogen) atoms. The van der Waals surface area contributed by atoms with E-state index in [0.717, 1.165) is 22.5 Å². The predicted molar refractivity (Wildman–Crippen MR) is 96.7 cm³/mol. The first-order chi connectivity index (χ1) is 11.8. The molecule has 0 unspecified atom stereocenters. The molecule has 0 saturated heterocycles. The van der Waals surface area contributed by atoms with Crippen LogP contribution in [0.4, 0.5) is 0 Å². The highest BCUT2D eigenvalue weighted by molar-refractivity contribution is 5.92. The van der Waals surface area contributed by atoms with Crippen LogP contribution in [0, 0.1) is 0 Å². The van der Waals surface area contributed by atoms with Crippen molar-refractivity contribution < 1.29 is 4.79 Å². The van der Waals surface area contributed by atoms with E-state index in [4.69, 9.17) is 5.10 Å². The molecule has 0 aliphatic carbocycles. The Morgan fingerprint density at radius 3 is 2.42 bits per heavy atom. The van der Waals surface area contributed by atoms with Crippen LogP contribution in [0.5, 0.6) is 0 Å². The molecule has 4 nitrogen and oxygen atoms in total. The smallest absolute Gasteiger partial charge is 0.243 e. The molecule has 4 heteroatoms. The average molecular weight is 317 g/mol. The molecule has 1 heterocycles. The first kappa shape index (κ1) is 15.7. The highest BCUT2D eigenvalue weighted by Crippen LogP contribution is 2.24. The van der Waals surface area contributed by atoms with Crippen LogP contribution < -0.4 is 5.32 Å². The number of carbonyl (C=O) groups is 1. The normalized spacial score (nSPS) is 10.9. The van der Waals surface area contributed by atoms with E-state index < -0.39 is 0 Å². The molecule has 0 bridgehead atoms. The standard InChI is InChI=1S/C20H19N3O/c1-2-21-19(24)14-13-17-15-23(18-11-7-4-8-12-18)22-20(17)16-9-5-3-6-10-16/h3-15H,2H2,1H3,(H,21,24)/b14-13+. The second-order valence-corrected chi connectivity index (χ2v) is 5.31. The van der Waals surface area contributed by atoms with E-state index in [-0.39, 0.29) is 5.91 Å². The predicted octanol–water partition coefficient (Wildman–Crippen LogP) is 3.69. The molecule has 0 fully saturated rings. The molecule has 3 rings (SSSR count). The fraction of sp³-hybridized carbons (Fsp3) is 0.100. The minimum absolute atomic E-state index is 0.107. The van der Waals surface area contributed by atoms with Crippen molar-refractivity contribution in [1.82, 2.24) is 15.1 Å². The Bertz CT molecular complexity index is 836. The highest BCUT2D eigenvalue weighted by atomic mass is 16.1. The van der Waals surface area contributed by atoms with Gasteiger partial charge in [-0.1, -0.05) is 48.5 Å². The lowest BCUT2D eigenvalue weighted by molar-refractivity contribution is -0.116. The Balaban J connectivity index is 2.02. The molecule has 1 aromatic heterocycles. The molecule has 1 N–H and O–H groups in total. The van der Waals surface area contributed by atoms with Crippen molar-refractivity contribution in [3.63, 3.8) is 0 Å². The van der Waals surface area contributed by atoms with Crippen molar-refractivity contribution in [2.75, 3.05) is 6.54 Å². The van der Waals surface area contributed by atoms with Crippen molar-refractivity contribution in [2.24, 2.45) is 0 Å². The summed E-state index contributed by atoms with van der Waals surface area (Å²) in [4.78, 5) is 11.7. The molecule has 0 saturated carbocycles. The van der Waals surface area contributed by atoms with E-state index >= 15 is 0 Å². The second-order valence-electron chi connectivity index (χ2n) is 5.31. The van der Waals surface area contributed by atoms with E-state index in [1.807, 2.05) is 78.5 Å². The summed E-state index contributed by atoms with van der Waals surface area (Å²) in [6, 6.07) is 19.9. The average Bonchev–Trinajstić information content (AvgIpc) is 3.06. The summed E-state index contributed by atoms with van der Waals surface area (Å²) in [6.45, 7) is 2.51. The molecule has 3 aromatic rings. The van der Waals surface area contributed by atoms with Crippen LogP contribution in [-0.4, -0.2) is 22.2 Å². The lowest BCUT2D eigenvalue weighted by Crippen LogP contribution is -2.19. The molecule has 0 radical (unpaired) electrons. The summed E-state index contributed by atoms with van der Waals surface area (Å²) in [5.41, 5.74) is 3.74. The van der Waals surface area contributed by atoms with Crippen molar-refractivity contribution in [3.8, 4) is 16.9 Å². The zero-order chi connectivity index (χ0) is 16.8. The van der Waals surface area contributed by atoms with Crippen LogP contribution >= 0.6 is 0 Å². The Morgan fingerprint density at radius 2 is 1.75 bits per heavy atom. The van der Waals surface area contributed by atoms with Gasteiger partial charge in [-0.2, -0.15) is 5.10 Å². The highest BCUT2D eigenvalue weighted by Gasteiger charge is 2.10. The molecular formula is C20H19N3O. The van der Waals surface area contributed by atoms with Gasteiger partial charge in [0, 0.05) is 29.9 Å². The van der Waals surface area contributed by atoms with Gasteiger partial charge in [0.2, 0.25) is 5.91 Å². The molecule has 0 spiro atoms. The Morgan fingerprint density at radius 1 is 1.08 bits per heavy atom. The van der Waals surface area contributed by atoms with Gasteiger partial charge in [-0.15, -0.1) is 0 Å². The quantitative estimate of drug-likeness (QED) is 0.730. The molecule has 0 aliphatic heterocycles. The van der Waals surface area contributed by atoms with Gasteiger partial charge < -0.3 is 5.32 Å². The number of amides is 1. The summed E-state index contributed by atoms with van der Waals surface area (Å²) in [5, 5.41) is 7.47. The SMILES string of the molecule is CCNC(=O)/C=C/c1cn(-c2ccccc2)nc1-c1ccccc1. The summed E-state index contributed by atoms with van der Waals surface area (Å²) in [5.74, 6) is -0.107. The molecule has 1 amide bonds. The number of benzene rings is 2. The number of hydrogen-bond donors (Lipinski definition) is 1. The molecule has 0 aliphatic rings. The Kier molecular flexibility index (Phi) is 4.87. The maximum Gasteiger partial charge on any atom is 0.243 e. The van der Waals surface area contributed by atoms with Crippen LogP contribution in [0.15, 0.2) is 72.9 Å². The summed E-state index contributed by atoms with van der Waals surface area (Å²) in [6.07, 6.45) is 5.29. The zero-order valence-electron chi connectivity index (χ0n) is 13.5. The molecular weight excluding hydrogens is 298 g/mol. The van der Waals surface area contributed by atoms with Gasteiger partial charge in [0.05, 0.1) is 11.4 Å². The largest absolute Gasteiger partial charge is 0.353 e. The van der Waals surface area contributed by atoms with E-state index in [9.17, 15) is 4.79 Å². The van der Waals surface area contributed by atoms with Gasteiger partial charge >= 0.3 is 0 Å². The summed E-state index contributed by atoms with van der Waals surface area (Å²) in [7, 11) is 0. The number of rotatable bonds is 5. The van der Waals surface area contributed by atoms with E-state index in [2.05, 4.69) is 5.32 Å². The third-order valence-corrected chi connectivity index (χ3v) is 3.58. The minimum Gasteiger partial charge on any atom is -0.353 e. The number of likely N-dealkylation sites (N-methyl/N-ethyl adjacent to an activating group) is 1. The second kappa shape index (κ2) is 7.42. The van der Waals surface area contributed by atoms with Crippen LogP contribution in [0.1, 0.15) is 12.5 Å². The molecule has 2 aromatic carbocycles. The van der Waals surface area contributed by atoms with Crippen molar-refractivity contribution in [1.29, 1.82) is 0 Å². The van der Waals surface area contributed by atoms with Crippen LogP contribution in [0.2, 0.25) is 0 Å². The fourth-order valence-corrected chi connectivity index (χ4v) is 2.44. The van der Waals surface area contributed by atoms with Crippen molar-refractivity contribution in [3.05, 3.63) is 78.5 Å². The summed E-state index contributed by atoms with van der Waals surface area (Å²) < 4.78 is 1.83. The van der Waals surface area contributed by atoms with Gasteiger partial charge in [-0.3, -0.25) is 4.79 Å². The van der Waals surface area contributed by atoms with Gasteiger partial charge in [-0.25, -0.2) is 4.68 Å². The first-order valence-electron chi connectivity index (χ1n) is 7.94. The van der Waals surface area contributed by atoms with Gasteiger partial charge in [-0.05, 0) is 25.1 Å². The Labute approximate surface area is 141 Å². The maximum atomic E-state index is 11.7. The topological polar surface area (TPSA) is 46.9 Å². The number of nitrogens with zero attached hydrogens (tertiary/aromatic N) is 2. The number of aromatic nitrogens is 2. The summed E-state index contributed by atoms with van der Waals surface area (Å²) >= 11 is 0. The van der Waals surface area contributed by atoms with E-state index in [0.29, 0.717) is 6.54 Å². The monoisotopic (exact) mass is 317 g/mol. The number of carbonyl (C=O) groups excluding carboxylic acids is 1. The Hall–Kier alpha value is -3.14. The van der Waals surface area contributed by atoms with Crippen LogP contribution in [0.25, 0.3) is 23.0 Å². The lowest BCUT2D eigenvalue weighted by Gasteiger charge is -2.00. The van der Waals surface area contributed by atoms with Crippen LogP contribution in [-0.2, 0) is 4.79 Å². The van der Waals surface area contributed by atoms with Gasteiger partial charge in [0.25, 0.3) is 0 Å². The third kappa shape index (κ3) is 3.60. The number of hydrogen-bond acceptors (Lipinski definition) is 2. The van der Waals surface area contributed by atoms with E-state index in [1.54, 1.807) is 12.2 Å². The lowest BCUT2D eigenvalue weighted by atomic mass is 10.1. The first-order valence-corrected chi connectivity index (χ1v) is 7.94. The van der Waals surface area contributed by atoms with Gasteiger partial charge in [0.1, 0.15) is 0 Å². The van der Waals surface area contributed by atoms with Crippen molar-refractivity contribution in [2.45, 2.75) is 6.92 Å². The van der Waals surface area contributed by atoms with Crippen molar-refractivity contribution >= 4 is 12.0 Å². The van der Waals surface area contributed by atoms with Crippen LogP contribution in [0.3, 0.4) is 0 Å². The minimum atomic E-state index is -0.107. The zero-order valence-corrected chi connectivity index (χ0v) is 13.5.